The molecule has 1 aromatic heterocycles. The summed E-state index contributed by atoms with van der Waals surface area (Å²) in [5.74, 6) is -1.16. The van der Waals surface area contributed by atoms with Crippen molar-refractivity contribution in [1.82, 2.24) is 4.98 Å². The third-order valence-electron chi connectivity index (χ3n) is 3.73. The van der Waals surface area contributed by atoms with E-state index in [-0.39, 0.29) is 25.1 Å². The molecule has 0 radical (unpaired) electrons. The Bertz CT molecular complexity index is 450. The third kappa shape index (κ3) is 3.37. The second-order valence-electron chi connectivity index (χ2n) is 5.28. The largest absolute Gasteiger partial charge is 0.391 e. The Morgan fingerprint density at radius 2 is 2.21 bits per heavy atom. The molecule has 0 spiro atoms. The SMILES string of the molecule is Nc1ncccc1CC1(O)CCCC(C(F)(F)F)C1. The second kappa shape index (κ2) is 5.00. The zero-order chi connectivity index (χ0) is 14.1. The number of aliphatic hydroxyl groups is 1. The number of nitrogen functional groups attached to an aromatic ring is 1. The number of rotatable bonds is 2. The molecule has 1 heterocycles. The van der Waals surface area contributed by atoms with E-state index in [0.29, 0.717) is 18.4 Å². The highest BCUT2D eigenvalue weighted by Gasteiger charge is 2.47. The first-order valence-corrected chi connectivity index (χ1v) is 6.29. The fraction of sp³-hybridized carbons (Fsp3) is 0.615. The van der Waals surface area contributed by atoms with Crippen LogP contribution in [0.15, 0.2) is 18.3 Å². The number of hydrogen-bond acceptors (Lipinski definition) is 3. The molecule has 19 heavy (non-hydrogen) atoms. The quantitative estimate of drug-likeness (QED) is 0.871. The Morgan fingerprint density at radius 3 is 2.84 bits per heavy atom. The van der Waals surface area contributed by atoms with Crippen LogP contribution in [0.5, 0.6) is 0 Å². The summed E-state index contributed by atoms with van der Waals surface area (Å²) in [5.41, 5.74) is 4.94. The van der Waals surface area contributed by atoms with Crippen molar-refractivity contribution in [3.8, 4) is 0 Å². The number of aromatic nitrogens is 1. The fourth-order valence-electron chi connectivity index (χ4n) is 2.74. The molecule has 2 unspecified atom stereocenters. The summed E-state index contributed by atoms with van der Waals surface area (Å²) in [4.78, 5) is 3.89. The number of halogens is 3. The Labute approximate surface area is 109 Å². The van der Waals surface area contributed by atoms with Crippen LogP contribution in [0.25, 0.3) is 0 Å². The first kappa shape index (κ1) is 14.1. The van der Waals surface area contributed by atoms with E-state index in [2.05, 4.69) is 4.98 Å². The van der Waals surface area contributed by atoms with E-state index in [9.17, 15) is 18.3 Å². The first-order chi connectivity index (χ1) is 8.80. The van der Waals surface area contributed by atoms with Crippen molar-refractivity contribution in [2.75, 3.05) is 5.73 Å². The molecule has 0 amide bonds. The molecule has 3 nitrogen and oxygen atoms in total. The maximum Gasteiger partial charge on any atom is 0.391 e. The summed E-state index contributed by atoms with van der Waals surface area (Å²) in [5, 5.41) is 10.4. The molecule has 2 atom stereocenters. The minimum Gasteiger partial charge on any atom is -0.390 e. The van der Waals surface area contributed by atoms with Gasteiger partial charge >= 0.3 is 6.18 Å². The lowest BCUT2D eigenvalue weighted by atomic mass is 9.75. The molecule has 1 saturated carbocycles. The van der Waals surface area contributed by atoms with Crippen molar-refractivity contribution in [2.24, 2.45) is 5.92 Å². The number of anilines is 1. The van der Waals surface area contributed by atoms with Gasteiger partial charge in [0, 0.05) is 12.6 Å². The highest BCUT2D eigenvalue weighted by Crippen LogP contribution is 2.43. The van der Waals surface area contributed by atoms with Gasteiger partial charge in [-0.3, -0.25) is 0 Å². The number of hydrogen-bond donors (Lipinski definition) is 2. The molecule has 106 valence electrons. The maximum absolute atomic E-state index is 12.8. The molecule has 0 aliphatic heterocycles. The molecule has 1 aliphatic carbocycles. The minimum atomic E-state index is -4.24. The highest BCUT2D eigenvalue weighted by molar-refractivity contribution is 5.39. The molecule has 1 aliphatic rings. The van der Waals surface area contributed by atoms with Crippen molar-refractivity contribution < 1.29 is 18.3 Å². The maximum atomic E-state index is 12.8. The van der Waals surface area contributed by atoms with Crippen LogP contribution in [-0.2, 0) is 6.42 Å². The molecule has 1 aromatic rings. The van der Waals surface area contributed by atoms with Crippen LogP contribution >= 0.6 is 0 Å². The van der Waals surface area contributed by atoms with Crippen molar-refractivity contribution >= 4 is 5.82 Å². The normalized spacial score (nSPS) is 28.3. The van der Waals surface area contributed by atoms with Crippen LogP contribution in [-0.4, -0.2) is 21.9 Å². The summed E-state index contributed by atoms with van der Waals surface area (Å²) in [6.07, 6.45) is -2.02. The van der Waals surface area contributed by atoms with Crippen molar-refractivity contribution in [1.29, 1.82) is 0 Å². The summed E-state index contributed by atoms with van der Waals surface area (Å²) in [6.45, 7) is 0. The standard InChI is InChI=1S/C13H17F3N2O/c14-13(15,16)10-4-1-5-12(19,8-10)7-9-3-2-6-18-11(9)17/h2-3,6,10,19H,1,4-5,7-8H2,(H2,17,18). The van der Waals surface area contributed by atoms with Gasteiger partial charge in [-0.1, -0.05) is 6.07 Å². The first-order valence-electron chi connectivity index (χ1n) is 6.29. The van der Waals surface area contributed by atoms with Crippen molar-refractivity contribution in [3.05, 3.63) is 23.9 Å². The van der Waals surface area contributed by atoms with Gasteiger partial charge in [-0.2, -0.15) is 13.2 Å². The molecule has 0 saturated heterocycles. The number of pyridine rings is 1. The fourth-order valence-corrected chi connectivity index (χ4v) is 2.74. The van der Waals surface area contributed by atoms with Crippen molar-refractivity contribution in [2.45, 2.75) is 43.9 Å². The van der Waals surface area contributed by atoms with E-state index in [1.165, 1.54) is 6.20 Å². The average Bonchev–Trinajstić information content (AvgIpc) is 2.31. The van der Waals surface area contributed by atoms with E-state index in [4.69, 9.17) is 5.73 Å². The summed E-state index contributed by atoms with van der Waals surface area (Å²) in [6, 6.07) is 3.36. The molecule has 2 rings (SSSR count). The van der Waals surface area contributed by atoms with Gasteiger partial charge in [0.05, 0.1) is 11.5 Å². The van der Waals surface area contributed by atoms with Crippen LogP contribution in [0.4, 0.5) is 19.0 Å². The van der Waals surface area contributed by atoms with Crippen LogP contribution in [0.3, 0.4) is 0 Å². The number of alkyl halides is 3. The van der Waals surface area contributed by atoms with E-state index in [1.807, 2.05) is 0 Å². The van der Waals surface area contributed by atoms with E-state index >= 15 is 0 Å². The zero-order valence-electron chi connectivity index (χ0n) is 10.5. The van der Waals surface area contributed by atoms with Gasteiger partial charge in [0.1, 0.15) is 5.82 Å². The lowest BCUT2D eigenvalue weighted by molar-refractivity contribution is -0.200. The highest BCUT2D eigenvalue weighted by atomic mass is 19.4. The van der Waals surface area contributed by atoms with E-state index < -0.39 is 17.7 Å². The molecule has 6 heteroatoms. The summed E-state index contributed by atoms with van der Waals surface area (Å²) >= 11 is 0. The smallest absolute Gasteiger partial charge is 0.390 e. The monoisotopic (exact) mass is 274 g/mol. The Kier molecular flexibility index (Phi) is 3.71. The lowest BCUT2D eigenvalue weighted by Gasteiger charge is -2.37. The molecule has 0 bridgehead atoms. The molecule has 0 aromatic carbocycles. The van der Waals surface area contributed by atoms with E-state index in [0.717, 1.165) is 0 Å². The van der Waals surface area contributed by atoms with Crippen LogP contribution < -0.4 is 5.73 Å². The van der Waals surface area contributed by atoms with Gasteiger partial charge in [0.2, 0.25) is 0 Å². The van der Waals surface area contributed by atoms with Gasteiger partial charge < -0.3 is 10.8 Å². The second-order valence-corrected chi connectivity index (χ2v) is 5.28. The van der Waals surface area contributed by atoms with Gasteiger partial charge in [0.15, 0.2) is 0 Å². The van der Waals surface area contributed by atoms with Crippen molar-refractivity contribution in [3.63, 3.8) is 0 Å². The summed E-state index contributed by atoms with van der Waals surface area (Å²) < 4.78 is 38.3. The number of nitrogens with zero attached hydrogens (tertiary/aromatic N) is 1. The van der Waals surface area contributed by atoms with Crippen LogP contribution in [0.2, 0.25) is 0 Å². The van der Waals surface area contributed by atoms with Crippen LogP contribution in [0, 0.1) is 5.92 Å². The lowest BCUT2D eigenvalue weighted by Crippen LogP contribution is -2.42. The molecule has 1 fully saturated rings. The molecule has 3 N–H and O–H groups in total. The predicted octanol–water partition coefficient (Wildman–Crippen LogP) is 2.69. The zero-order valence-corrected chi connectivity index (χ0v) is 10.5. The minimum absolute atomic E-state index is 0.0916. The van der Waals surface area contributed by atoms with Crippen LogP contribution in [0.1, 0.15) is 31.2 Å². The van der Waals surface area contributed by atoms with Gasteiger partial charge in [-0.15, -0.1) is 0 Å². The Hall–Kier alpha value is -1.30. The Balaban J connectivity index is 2.12. The van der Waals surface area contributed by atoms with Gasteiger partial charge in [-0.05, 0) is 37.3 Å². The number of nitrogens with two attached hydrogens (primary N) is 1. The molecular formula is C13H17F3N2O. The van der Waals surface area contributed by atoms with Gasteiger partial charge in [-0.25, -0.2) is 4.98 Å². The average molecular weight is 274 g/mol. The molecular weight excluding hydrogens is 257 g/mol. The predicted molar refractivity (Wildman–Crippen MR) is 65.3 cm³/mol. The third-order valence-corrected chi connectivity index (χ3v) is 3.73. The Morgan fingerprint density at radius 1 is 1.47 bits per heavy atom. The topological polar surface area (TPSA) is 59.1 Å². The summed E-state index contributed by atoms with van der Waals surface area (Å²) in [7, 11) is 0. The van der Waals surface area contributed by atoms with E-state index in [1.54, 1.807) is 12.1 Å². The van der Waals surface area contributed by atoms with Gasteiger partial charge in [0.25, 0.3) is 0 Å².